The molecule has 0 amide bonds. The molecule has 3 heteroatoms. The van der Waals surface area contributed by atoms with Gasteiger partial charge in [-0.15, -0.1) is 0 Å². The first-order valence-electron chi connectivity index (χ1n) is 6.53. The number of rotatable bonds is 5. The molecule has 1 saturated carbocycles. The highest BCUT2D eigenvalue weighted by molar-refractivity contribution is 5.31. The maximum atomic E-state index is 8.74. The van der Waals surface area contributed by atoms with Gasteiger partial charge < -0.3 is 10.2 Å². The quantitative estimate of drug-likeness (QED) is 0.861. The number of nitriles is 1. The van der Waals surface area contributed by atoms with Crippen LogP contribution in [0.4, 0.5) is 0 Å². The fourth-order valence-electron chi connectivity index (χ4n) is 2.50. The normalized spacial score (nSPS) is 17.2. The highest BCUT2D eigenvalue weighted by Crippen LogP contribution is 2.35. The van der Waals surface area contributed by atoms with E-state index in [2.05, 4.69) is 30.4 Å². The average Bonchev–Trinajstić information content (AvgIpc) is 2.33. The SMILES string of the molecule is CN(C)C1(CNCc2ccc(C#N)cc2)CCC1. The molecule has 2 rings (SSSR count). The molecule has 1 N–H and O–H groups in total. The lowest BCUT2D eigenvalue weighted by Gasteiger charge is -2.47. The van der Waals surface area contributed by atoms with Crippen LogP contribution in [0, 0.1) is 11.3 Å². The van der Waals surface area contributed by atoms with Crippen LogP contribution in [-0.2, 0) is 6.54 Å². The Labute approximate surface area is 109 Å². The Balaban J connectivity index is 1.83. The molecule has 0 atom stereocenters. The number of nitrogens with zero attached hydrogens (tertiary/aromatic N) is 2. The van der Waals surface area contributed by atoms with Crippen molar-refractivity contribution in [3.63, 3.8) is 0 Å². The molecule has 0 aromatic heterocycles. The van der Waals surface area contributed by atoms with Gasteiger partial charge in [-0.3, -0.25) is 0 Å². The van der Waals surface area contributed by atoms with Crippen molar-refractivity contribution in [2.45, 2.75) is 31.3 Å². The Morgan fingerprint density at radius 1 is 1.28 bits per heavy atom. The minimum absolute atomic E-state index is 0.368. The molecule has 0 aliphatic heterocycles. The predicted molar refractivity (Wildman–Crippen MR) is 73.1 cm³/mol. The number of hydrogen-bond donors (Lipinski definition) is 1. The molecule has 18 heavy (non-hydrogen) atoms. The first-order chi connectivity index (χ1) is 8.66. The fourth-order valence-corrected chi connectivity index (χ4v) is 2.50. The smallest absolute Gasteiger partial charge is 0.0991 e. The summed E-state index contributed by atoms with van der Waals surface area (Å²) in [5, 5.41) is 12.3. The summed E-state index contributed by atoms with van der Waals surface area (Å²) in [6.45, 7) is 1.92. The van der Waals surface area contributed by atoms with Crippen molar-refractivity contribution < 1.29 is 0 Å². The molecule has 0 bridgehead atoms. The lowest BCUT2D eigenvalue weighted by Crippen LogP contribution is -2.56. The van der Waals surface area contributed by atoms with E-state index in [1.165, 1.54) is 24.8 Å². The molecule has 3 nitrogen and oxygen atoms in total. The summed E-state index contributed by atoms with van der Waals surface area (Å²) < 4.78 is 0. The molecule has 1 aromatic carbocycles. The number of benzene rings is 1. The number of hydrogen-bond acceptors (Lipinski definition) is 3. The third-order valence-corrected chi connectivity index (χ3v) is 4.10. The summed E-state index contributed by atoms with van der Waals surface area (Å²) in [5.74, 6) is 0. The second-order valence-corrected chi connectivity index (χ2v) is 5.38. The van der Waals surface area contributed by atoms with Gasteiger partial charge in [0.15, 0.2) is 0 Å². The Kier molecular flexibility index (Phi) is 4.00. The van der Waals surface area contributed by atoms with Crippen molar-refractivity contribution in [3.8, 4) is 6.07 Å². The van der Waals surface area contributed by atoms with Crippen LogP contribution < -0.4 is 5.32 Å². The third kappa shape index (κ3) is 2.72. The van der Waals surface area contributed by atoms with Crippen LogP contribution in [0.25, 0.3) is 0 Å². The van der Waals surface area contributed by atoms with Crippen molar-refractivity contribution in [1.82, 2.24) is 10.2 Å². The van der Waals surface area contributed by atoms with Gasteiger partial charge in [-0.25, -0.2) is 0 Å². The highest BCUT2D eigenvalue weighted by atomic mass is 15.2. The van der Waals surface area contributed by atoms with Gasteiger partial charge in [-0.2, -0.15) is 5.26 Å². The maximum Gasteiger partial charge on any atom is 0.0991 e. The monoisotopic (exact) mass is 243 g/mol. The van der Waals surface area contributed by atoms with E-state index in [4.69, 9.17) is 5.26 Å². The van der Waals surface area contributed by atoms with Crippen LogP contribution >= 0.6 is 0 Å². The first-order valence-corrected chi connectivity index (χ1v) is 6.53. The van der Waals surface area contributed by atoms with E-state index in [0.29, 0.717) is 5.54 Å². The van der Waals surface area contributed by atoms with Crippen molar-refractivity contribution >= 4 is 0 Å². The largest absolute Gasteiger partial charge is 0.311 e. The minimum atomic E-state index is 0.368. The standard InChI is InChI=1S/C15H21N3/c1-18(2)15(8-3-9-15)12-17-11-14-6-4-13(10-16)5-7-14/h4-7,17H,3,8-9,11-12H2,1-2H3. The molecular weight excluding hydrogens is 222 g/mol. The molecule has 1 aromatic rings. The van der Waals surface area contributed by atoms with Crippen LogP contribution in [0.2, 0.25) is 0 Å². The van der Waals surface area contributed by atoms with Crippen LogP contribution in [0.5, 0.6) is 0 Å². The Hall–Kier alpha value is -1.37. The van der Waals surface area contributed by atoms with E-state index in [0.717, 1.165) is 18.7 Å². The third-order valence-electron chi connectivity index (χ3n) is 4.10. The van der Waals surface area contributed by atoms with Gasteiger partial charge in [-0.1, -0.05) is 12.1 Å². The second kappa shape index (κ2) is 5.51. The fraction of sp³-hybridized carbons (Fsp3) is 0.533. The molecule has 96 valence electrons. The van der Waals surface area contributed by atoms with E-state index in [1.807, 2.05) is 24.3 Å². The lowest BCUT2D eigenvalue weighted by atomic mass is 9.75. The maximum absolute atomic E-state index is 8.74. The Bertz CT molecular complexity index is 424. The second-order valence-electron chi connectivity index (χ2n) is 5.38. The van der Waals surface area contributed by atoms with E-state index in [-0.39, 0.29) is 0 Å². The molecule has 1 aliphatic rings. The van der Waals surface area contributed by atoms with Crippen molar-refractivity contribution in [2.24, 2.45) is 0 Å². The van der Waals surface area contributed by atoms with Crippen molar-refractivity contribution in [1.29, 1.82) is 5.26 Å². The summed E-state index contributed by atoms with van der Waals surface area (Å²) in [6.07, 6.45) is 3.93. The molecule has 1 aliphatic carbocycles. The summed E-state index contributed by atoms with van der Waals surface area (Å²) in [5.41, 5.74) is 2.33. The summed E-state index contributed by atoms with van der Waals surface area (Å²) in [6, 6.07) is 9.94. The molecule has 1 fully saturated rings. The number of nitrogens with one attached hydrogen (secondary N) is 1. The van der Waals surface area contributed by atoms with Gasteiger partial charge in [0, 0.05) is 18.6 Å². The topological polar surface area (TPSA) is 39.1 Å². The molecular formula is C15H21N3. The van der Waals surface area contributed by atoms with Crippen molar-refractivity contribution in [3.05, 3.63) is 35.4 Å². The van der Waals surface area contributed by atoms with Crippen molar-refractivity contribution in [2.75, 3.05) is 20.6 Å². The molecule has 0 spiro atoms. The van der Waals surface area contributed by atoms with E-state index >= 15 is 0 Å². The van der Waals surface area contributed by atoms with Crippen LogP contribution in [0.15, 0.2) is 24.3 Å². The van der Waals surface area contributed by atoms with Gasteiger partial charge >= 0.3 is 0 Å². The summed E-state index contributed by atoms with van der Waals surface area (Å²) in [4.78, 5) is 2.35. The van der Waals surface area contributed by atoms with Crippen LogP contribution in [-0.4, -0.2) is 31.1 Å². The van der Waals surface area contributed by atoms with Gasteiger partial charge in [0.05, 0.1) is 11.6 Å². The zero-order valence-corrected chi connectivity index (χ0v) is 11.2. The average molecular weight is 243 g/mol. The summed E-state index contributed by atoms with van der Waals surface area (Å²) >= 11 is 0. The van der Waals surface area contributed by atoms with E-state index in [1.54, 1.807) is 0 Å². The highest BCUT2D eigenvalue weighted by Gasteiger charge is 2.38. The van der Waals surface area contributed by atoms with Gasteiger partial charge in [0.2, 0.25) is 0 Å². The van der Waals surface area contributed by atoms with E-state index in [9.17, 15) is 0 Å². The van der Waals surface area contributed by atoms with E-state index < -0.39 is 0 Å². The zero-order valence-electron chi connectivity index (χ0n) is 11.2. The molecule has 0 saturated heterocycles. The van der Waals surface area contributed by atoms with Gasteiger partial charge in [0.1, 0.15) is 0 Å². The molecule has 0 heterocycles. The van der Waals surface area contributed by atoms with Crippen LogP contribution in [0.3, 0.4) is 0 Å². The Morgan fingerprint density at radius 3 is 2.39 bits per heavy atom. The zero-order chi connectivity index (χ0) is 13.0. The van der Waals surface area contributed by atoms with Crippen LogP contribution in [0.1, 0.15) is 30.4 Å². The van der Waals surface area contributed by atoms with Gasteiger partial charge in [-0.05, 0) is 51.1 Å². The predicted octanol–water partition coefficient (Wildman–Crippen LogP) is 2.13. The molecule has 0 unspecified atom stereocenters. The lowest BCUT2D eigenvalue weighted by molar-refractivity contribution is 0.0598. The summed E-state index contributed by atoms with van der Waals surface area (Å²) in [7, 11) is 4.34. The molecule has 0 radical (unpaired) electrons. The van der Waals surface area contributed by atoms with Gasteiger partial charge in [0.25, 0.3) is 0 Å². The minimum Gasteiger partial charge on any atom is -0.311 e. The number of likely N-dealkylation sites (N-methyl/N-ethyl adjacent to an activating group) is 1. The Morgan fingerprint density at radius 2 is 1.94 bits per heavy atom. The first kappa shape index (κ1) is 13.1.